The molecule has 0 fully saturated rings. The molecule has 1 aromatic carbocycles. The number of methoxy groups -OCH3 is 1. The molecule has 14 heavy (non-hydrogen) atoms. The third-order valence-electron chi connectivity index (χ3n) is 2.82. The number of aryl methyl sites for hydroxylation is 1. The molecule has 0 heterocycles. The van der Waals surface area contributed by atoms with Gasteiger partial charge in [0.1, 0.15) is 0 Å². The maximum atomic E-state index is 9.90. The van der Waals surface area contributed by atoms with Crippen LogP contribution >= 0.6 is 0 Å². The highest BCUT2D eigenvalue weighted by atomic mass is 16.5. The van der Waals surface area contributed by atoms with Crippen LogP contribution in [0.1, 0.15) is 30.0 Å². The molecule has 1 atom stereocenters. The second-order valence-electron chi connectivity index (χ2n) is 3.69. The first-order chi connectivity index (χ1) is 6.74. The Balaban J connectivity index is 2.54. The van der Waals surface area contributed by atoms with E-state index in [1.165, 1.54) is 0 Å². The van der Waals surface area contributed by atoms with Crippen LogP contribution in [0.5, 0.6) is 11.5 Å². The lowest BCUT2D eigenvalue weighted by atomic mass is 9.87. The molecule has 3 nitrogen and oxygen atoms in total. The van der Waals surface area contributed by atoms with E-state index in [2.05, 4.69) is 0 Å². The Morgan fingerprint density at radius 1 is 1.50 bits per heavy atom. The Kier molecular flexibility index (Phi) is 2.33. The van der Waals surface area contributed by atoms with E-state index < -0.39 is 0 Å². The summed E-state index contributed by atoms with van der Waals surface area (Å²) in [4.78, 5) is 0. The first kappa shape index (κ1) is 9.34. The molecule has 0 unspecified atom stereocenters. The lowest BCUT2D eigenvalue weighted by Gasteiger charge is -2.23. The van der Waals surface area contributed by atoms with Crippen molar-refractivity contribution in [3.8, 4) is 11.5 Å². The smallest absolute Gasteiger partial charge is 0.162 e. The van der Waals surface area contributed by atoms with Crippen molar-refractivity contribution in [1.29, 1.82) is 0 Å². The maximum absolute atomic E-state index is 9.90. The van der Waals surface area contributed by atoms with Crippen LogP contribution in [0, 0.1) is 0 Å². The minimum atomic E-state index is -0.0474. The summed E-state index contributed by atoms with van der Waals surface area (Å²) in [7, 11) is 1.55. The molecule has 2 rings (SSSR count). The second kappa shape index (κ2) is 3.50. The third-order valence-corrected chi connectivity index (χ3v) is 2.82. The van der Waals surface area contributed by atoms with Gasteiger partial charge in [0.05, 0.1) is 7.11 Å². The van der Waals surface area contributed by atoms with E-state index in [-0.39, 0.29) is 11.8 Å². The summed E-state index contributed by atoms with van der Waals surface area (Å²) >= 11 is 0. The second-order valence-corrected chi connectivity index (χ2v) is 3.69. The molecule has 0 aromatic heterocycles. The molecule has 1 aliphatic carbocycles. The zero-order valence-corrected chi connectivity index (χ0v) is 8.29. The standard InChI is InChI=1S/C11H15NO2/c1-14-9-6-5-7-3-2-4-8(12)10(7)11(9)13/h5-6,8,13H,2-4,12H2,1H3/t8-/m1/s1. The normalized spacial score (nSPS) is 20.3. The average molecular weight is 193 g/mol. The topological polar surface area (TPSA) is 55.5 Å². The molecule has 0 aliphatic heterocycles. The van der Waals surface area contributed by atoms with E-state index in [9.17, 15) is 5.11 Å². The van der Waals surface area contributed by atoms with Crippen LogP contribution in [-0.2, 0) is 6.42 Å². The Morgan fingerprint density at radius 3 is 3.00 bits per heavy atom. The van der Waals surface area contributed by atoms with E-state index in [4.69, 9.17) is 10.5 Å². The van der Waals surface area contributed by atoms with Crippen LogP contribution in [0.4, 0.5) is 0 Å². The Labute approximate surface area is 83.5 Å². The van der Waals surface area contributed by atoms with Crippen molar-refractivity contribution >= 4 is 0 Å². The van der Waals surface area contributed by atoms with Gasteiger partial charge in [-0.3, -0.25) is 0 Å². The predicted octanol–water partition coefficient (Wildman–Crippen LogP) is 1.74. The van der Waals surface area contributed by atoms with Crippen LogP contribution < -0.4 is 10.5 Å². The molecule has 76 valence electrons. The van der Waals surface area contributed by atoms with E-state index in [0.717, 1.165) is 30.4 Å². The summed E-state index contributed by atoms with van der Waals surface area (Å²) in [5.41, 5.74) is 7.98. The quantitative estimate of drug-likeness (QED) is 0.714. The molecule has 1 aliphatic rings. The fraction of sp³-hybridized carbons (Fsp3) is 0.455. The number of aromatic hydroxyl groups is 1. The van der Waals surface area contributed by atoms with Crippen molar-refractivity contribution in [2.24, 2.45) is 5.73 Å². The molecule has 3 N–H and O–H groups in total. The van der Waals surface area contributed by atoms with Gasteiger partial charge in [-0.2, -0.15) is 0 Å². The van der Waals surface area contributed by atoms with Gasteiger partial charge in [-0.05, 0) is 30.9 Å². The van der Waals surface area contributed by atoms with Crippen LogP contribution in [0.15, 0.2) is 12.1 Å². The minimum Gasteiger partial charge on any atom is -0.504 e. The molecule has 3 heteroatoms. The number of benzene rings is 1. The zero-order valence-electron chi connectivity index (χ0n) is 8.29. The molecule has 0 bridgehead atoms. The summed E-state index contributed by atoms with van der Waals surface area (Å²) in [6.07, 6.45) is 3.04. The molecule has 1 aromatic rings. The predicted molar refractivity (Wildman–Crippen MR) is 54.5 cm³/mol. The molecular formula is C11H15NO2. The van der Waals surface area contributed by atoms with Crippen molar-refractivity contribution < 1.29 is 9.84 Å². The first-order valence-corrected chi connectivity index (χ1v) is 4.88. The molecule has 0 saturated carbocycles. The van der Waals surface area contributed by atoms with Gasteiger partial charge in [-0.15, -0.1) is 0 Å². The van der Waals surface area contributed by atoms with Gasteiger partial charge in [0.15, 0.2) is 11.5 Å². The number of nitrogens with two attached hydrogens (primary N) is 1. The lowest BCUT2D eigenvalue weighted by Crippen LogP contribution is -2.17. The van der Waals surface area contributed by atoms with Crippen molar-refractivity contribution in [2.75, 3.05) is 7.11 Å². The monoisotopic (exact) mass is 193 g/mol. The Bertz CT molecular complexity index is 349. The highest BCUT2D eigenvalue weighted by Crippen LogP contribution is 2.40. The Morgan fingerprint density at radius 2 is 2.29 bits per heavy atom. The summed E-state index contributed by atoms with van der Waals surface area (Å²) < 4.78 is 5.05. The van der Waals surface area contributed by atoms with Gasteiger partial charge >= 0.3 is 0 Å². The molecule has 0 amide bonds. The van der Waals surface area contributed by atoms with Gasteiger partial charge < -0.3 is 15.6 Å². The van der Waals surface area contributed by atoms with Crippen LogP contribution in [0.25, 0.3) is 0 Å². The molecule has 0 radical (unpaired) electrons. The van der Waals surface area contributed by atoms with E-state index in [0.29, 0.717) is 5.75 Å². The third kappa shape index (κ3) is 1.34. The van der Waals surface area contributed by atoms with Gasteiger partial charge in [0.2, 0.25) is 0 Å². The number of phenols is 1. The average Bonchev–Trinajstić information content (AvgIpc) is 2.18. The van der Waals surface area contributed by atoms with Crippen molar-refractivity contribution in [2.45, 2.75) is 25.3 Å². The fourth-order valence-corrected chi connectivity index (χ4v) is 2.08. The lowest BCUT2D eigenvalue weighted by molar-refractivity contribution is 0.364. The number of fused-ring (bicyclic) bond motifs is 1. The van der Waals surface area contributed by atoms with Crippen LogP contribution in [0.2, 0.25) is 0 Å². The highest BCUT2D eigenvalue weighted by molar-refractivity contribution is 5.52. The number of hydrogen-bond donors (Lipinski definition) is 2. The number of ether oxygens (including phenoxy) is 1. The SMILES string of the molecule is COc1ccc2c(c1O)[C@H](N)CCC2. The fourth-order valence-electron chi connectivity index (χ4n) is 2.08. The van der Waals surface area contributed by atoms with Crippen LogP contribution in [-0.4, -0.2) is 12.2 Å². The van der Waals surface area contributed by atoms with Crippen molar-refractivity contribution in [3.05, 3.63) is 23.3 Å². The van der Waals surface area contributed by atoms with E-state index >= 15 is 0 Å². The summed E-state index contributed by atoms with van der Waals surface area (Å²) in [6, 6.07) is 3.74. The first-order valence-electron chi connectivity index (χ1n) is 4.88. The van der Waals surface area contributed by atoms with Crippen molar-refractivity contribution in [3.63, 3.8) is 0 Å². The molecular weight excluding hydrogens is 178 g/mol. The zero-order chi connectivity index (χ0) is 10.1. The largest absolute Gasteiger partial charge is 0.504 e. The molecule has 0 saturated heterocycles. The Hall–Kier alpha value is -1.22. The number of rotatable bonds is 1. The van der Waals surface area contributed by atoms with Gasteiger partial charge in [0, 0.05) is 11.6 Å². The van der Waals surface area contributed by atoms with E-state index in [1.54, 1.807) is 13.2 Å². The van der Waals surface area contributed by atoms with Gasteiger partial charge in [-0.1, -0.05) is 6.07 Å². The highest BCUT2D eigenvalue weighted by Gasteiger charge is 2.22. The summed E-state index contributed by atoms with van der Waals surface area (Å²) in [5, 5.41) is 9.90. The van der Waals surface area contributed by atoms with Crippen molar-refractivity contribution in [1.82, 2.24) is 0 Å². The maximum Gasteiger partial charge on any atom is 0.162 e. The van der Waals surface area contributed by atoms with Gasteiger partial charge in [0.25, 0.3) is 0 Å². The number of phenolic OH excluding ortho intramolecular Hbond substituents is 1. The summed E-state index contributed by atoms with van der Waals surface area (Å²) in [6.45, 7) is 0. The number of hydrogen-bond acceptors (Lipinski definition) is 3. The van der Waals surface area contributed by atoms with E-state index in [1.807, 2.05) is 6.07 Å². The van der Waals surface area contributed by atoms with Gasteiger partial charge in [-0.25, -0.2) is 0 Å². The summed E-state index contributed by atoms with van der Waals surface area (Å²) in [5.74, 6) is 0.735. The molecule has 0 spiro atoms. The minimum absolute atomic E-state index is 0.0474. The van der Waals surface area contributed by atoms with Crippen LogP contribution in [0.3, 0.4) is 0 Å².